The fourth-order valence-electron chi connectivity index (χ4n) is 3.01. The molecule has 4 rings (SSSR count). The van der Waals surface area contributed by atoms with E-state index in [1.54, 1.807) is 18.2 Å². The van der Waals surface area contributed by atoms with Gasteiger partial charge in [-0.2, -0.15) is 0 Å². The summed E-state index contributed by atoms with van der Waals surface area (Å²) in [5, 5.41) is 10.0. The molecule has 0 atom stereocenters. The van der Waals surface area contributed by atoms with Gasteiger partial charge in [-0.05, 0) is 37.1 Å². The molecule has 0 aliphatic carbocycles. The minimum absolute atomic E-state index is 0.147. The van der Waals surface area contributed by atoms with Crippen molar-refractivity contribution in [1.82, 2.24) is 15.0 Å². The van der Waals surface area contributed by atoms with Crippen LogP contribution in [0.25, 0.3) is 10.2 Å². The van der Waals surface area contributed by atoms with Crippen molar-refractivity contribution in [3.05, 3.63) is 54.6 Å². The van der Waals surface area contributed by atoms with E-state index in [1.807, 2.05) is 13.8 Å². The smallest absolute Gasteiger partial charge is 0.279 e. The average Bonchev–Trinajstić information content (AvgIpc) is 2.89. The van der Waals surface area contributed by atoms with E-state index in [-0.39, 0.29) is 17.7 Å². The molecule has 3 heterocycles. The fourth-order valence-corrected chi connectivity index (χ4v) is 4.52. The summed E-state index contributed by atoms with van der Waals surface area (Å²) in [6, 6.07) is 5.19. The maximum Gasteiger partial charge on any atom is 0.279 e. The number of rotatable bonds is 2. The number of aromatic nitrogens is 3. The molecule has 2 aromatic heterocycles. The maximum atomic E-state index is 13.0. The molecule has 0 spiro atoms. The summed E-state index contributed by atoms with van der Waals surface area (Å²) < 4.78 is 7.19. The molecule has 25 heavy (non-hydrogen) atoms. The van der Waals surface area contributed by atoms with Gasteiger partial charge in [-0.25, -0.2) is 4.68 Å². The van der Waals surface area contributed by atoms with Gasteiger partial charge in [0.1, 0.15) is 0 Å². The minimum Gasteiger partial charge on any atom is -0.370 e. The molecule has 1 aliphatic rings. The topological polar surface area (TPSA) is 57.0 Å². The number of ether oxygens (including phenoxy) is 1. The van der Waals surface area contributed by atoms with Crippen molar-refractivity contribution in [3.63, 3.8) is 0 Å². The monoisotopic (exact) mass is 395 g/mol. The molecule has 0 saturated heterocycles. The van der Waals surface area contributed by atoms with Gasteiger partial charge in [0, 0.05) is 21.3 Å². The van der Waals surface area contributed by atoms with Gasteiger partial charge >= 0.3 is 0 Å². The number of thiophene rings is 1. The lowest BCUT2D eigenvalue weighted by atomic mass is 9.94. The molecule has 8 heteroatoms. The molecule has 3 aromatic rings. The summed E-state index contributed by atoms with van der Waals surface area (Å²) >= 11 is 13.6. The highest BCUT2D eigenvalue weighted by Gasteiger charge is 2.31. The van der Waals surface area contributed by atoms with Gasteiger partial charge in [-0.15, -0.1) is 16.4 Å². The average molecular weight is 396 g/mol. The summed E-state index contributed by atoms with van der Waals surface area (Å²) in [4.78, 5) is 14.7. The Kier molecular flexibility index (Phi) is 4.11. The van der Waals surface area contributed by atoms with E-state index in [2.05, 4.69) is 10.3 Å². The van der Waals surface area contributed by atoms with Crippen LogP contribution in [0.3, 0.4) is 0 Å². The molecule has 0 radical (unpaired) electrons. The van der Waals surface area contributed by atoms with Crippen LogP contribution in [0.4, 0.5) is 0 Å². The van der Waals surface area contributed by atoms with Crippen molar-refractivity contribution >= 4 is 44.8 Å². The van der Waals surface area contributed by atoms with Crippen molar-refractivity contribution < 1.29 is 4.74 Å². The van der Waals surface area contributed by atoms with Crippen molar-refractivity contribution in [2.75, 3.05) is 0 Å². The third-order valence-electron chi connectivity index (χ3n) is 4.30. The molecule has 1 aromatic carbocycles. The van der Waals surface area contributed by atoms with Crippen LogP contribution >= 0.6 is 34.5 Å². The van der Waals surface area contributed by atoms with Gasteiger partial charge < -0.3 is 4.74 Å². The Morgan fingerprint density at radius 3 is 2.92 bits per heavy atom. The van der Waals surface area contributed by atoms with Crippen LogP contribution in [0.15, 0.2) is 23.0 Å². The molecule has 0 bridgehead atoms. The van der Waals surface area contributed by atoms with Gasteiger partial charge in [-0.3, -0.25) is 4.79 Å². The SMILES string of the molecule is CC1(C)Cc2c(sc3nnn(Cc4ccc(Cl)cc4Cl)c(=O)c23)CO1. The lowest BCUT2D eigenvalue weighted by Gasteiger charge is -2.29. The largest absolute Gasteiger partial charge is 0.370 e. The third-order valence-corrected chi connectivity index (χ3v) is 5.97. The van der Waals surface area contributed by atoms with E-state index in [0.29, 0.717) is 33.3 Å². The Labute approximate surface area is 158 Å². The summed E-state index contributed by atoms with van der Waals surface area (Å²) in [6.07, 6.45) is 0.685. The van der Waals surface area contributed by atoms with E-state index < -0.39 is 0 Å². The first-order valence-electron chi connectivity index (χ1n) is 7.80. The molecular weight excluding hydrogens is 381 g/mol. The highest BCUT2D eigenvalue weighted by molar-refractivity contribution is 7.18. The van der Waals surface area contributed by atoms with Crippen LogP contribution in [-0.4, -0.2) is 20.6 Å². The first-order valence-corrected chi connectivity index (χ1v) is 9.37. The highest BCUT2D eigenvalue weighted by Crippen LogP contribution is 2.36. The van der Waals surface area contributed by atoms with Gasteiger partial charge in [0.25, 0.3) is 5.56 Å². The van der Waals surface area contributed by atoms with E-state index >= 15 is 0 Å². The molecule has 0 fully saturated rings. The first-order chi connectivity index (χ1) is 11.8. The van der Waals surface area contributed by atoms with Crippen LogP contribution in [0.5, 0.6) is 0 Å². The molecular formula is C17H15Cl2N3O2S. The molecule has 0 amide bonds. The van der Waals surface area contributed by atoms with Crippen molar-refractivity contribution in [2.24, 2.45) is 0 Å². The predicted molar refractivity (Wildman–Crippen MR) is 99.8 cm³/mol. The van der Waals surface area contributed by atoms with Crippen molar-refractivity contribution in [2.45, 2.75) is 39.0 Å². The standard InChI is InChI=1S/C17H15Cl2N3O2S/c1-17(2)6-11-13(8-24-17)25-15-14(11)16(23)22(21-20-15)7-9-3-4-10(18)5-12(9)19/h3-5H,6-8H2,1-2H3. The molecule has 0 unspecified atom stereocenters. The Balaban J connectivity index is 1.81. The van der Waals surface area contributed by atoms with Gasteiger partial charge in [-0.1, -0.05) is 34.5 Å². The second kappa shape index (κ2) is 6.06. The number of hydrogen-bond acceptors (Lipinski definition) is 5. The first kappa shape index (κ1) is 17.0. The highest BCUT2D eigenvalue weighted by atomic mass is 35.5. The molecule has 130 valence electrons. The van der Waals surface area contributed by atoms with Crippen molar-refractivity contribution in [3.8, 4) is 0 Å². The molecule has 0 N–H and O–H groups in total. The quantitative estimate of drug-likeness (QED) is 0.656. The normalized spacial score (nSPS) is 16.2. The van der Waals surface area contributed by atoms with Gasteiger partial charge in [0.05, 0.1) is 24.1 Å². The summed E-state index contributed by atoms with van der Waals surface area (Å²) in [5.74, 6) is 0. The van der Waals surface area contributed by atoms with Crippen LogP contribution in [0, 0.1) is 0 Å². The fraction of sp³-hybridized carbons (Fsp3) is 0.353. The molecule has 0 saturated carbocycles. The lowest BCUT2D eigenvalue weighted by molar-refractivity contribution is -0.0379. The number of benzene rings is 1. The number of halogens is 2. The lowest BCUT2D eigenvalue weighted by Crippen LogP contribution is -2.32. The van der Waals surface area contributed by atoms with Crippen molar-refractivity contribution in [1.29, 1.82) is 0 Å². The number of nitrogens with zero attached hydrogens (tertiary/aromatic N) is 3. The number of fused-ring (bicyclic) bond motifs is 3. The van der Waals surface area contributed by atoms with Gasteiger partial charge in [0.15, 0.2) is 4.83 Å². The zero-order valence-electron chi connectivity index (χ0n) is 13.7. The van der Waals surface area contributed by atoms with Gasteiger partial charge in [0.2, 0.25) is 0 Å². The molecule has 1 aliphatic heterocycles. The number of hydrogen-bond donors (Lipinski definition) is 0. The Morgan fingerprint density at radius 1 is 1.36 bits per heavy atom. The predicted octanol–water partition coefficient (Wildman–Crippen LogP) is 4.06. The summed E-state index contributed by atoms with van der Waals surface area (Å²) in [7, 11) is 0. The van der Waals surface area contributed by atoms with E-state index in [9.17, 15) is 4.79 Å². The maximum absolute atomic E-state index is 13.0. The zero-order valence-corrected chi connectivity index (χ0v) is 16.0. The Hall–Kier alpha value is -1.47. The second-order valence-electron chi connectivity index (χ2n) is 6.70. The Bertz CT molecular complexity index is 1040. The van der Waals surface area contributed by atoms with Crippen LogP contribution in [0.1, 0.15) is 29.9 Å². The van der Waals surface area contributed by atoms with E-state index in [4.69, 9.17) is 27.9 Å². The van der Waals surface area contributed by atoms with Crippen LogP contribution in [-0.2, 0) is 24.3 Å². The second-order valence-corrected chi connectivity index (χ2v) is 8.62. The zero-order chi connectivity index (χ0) is 17.8. The van der Waals surface area contributed by atoms with E-state index in [1.165, 1.54) is 16.0 Å². The van der Waals surface area contributed by atoms with E-state index in [0.717, 1.165) is 16.0 Å². The minimum atomic E-state index is -0.291. The van der Waals surface area contributed by atoms with Crippen LogP contribution in [0.2, 0.25) is 10.0 Å². The Morgan fingerprint density at radius 2 is 2.16 bits per heavy atom. The summed E-state index contributed by atoms with van der Waals surface area (Å²) in [6.45, 7) is 4.81. The van der Waals surface area contributed by atoms with Crippen LogP contribution < -0.4 is 5.56 Å². The third kappa shape index (κ3) is 3.08. The summed E-state index contributed by atoms with van der Waals surface area (Å²) in [5.41, 5.74) is 1.37. The molecule has 5 nitrogen and oxygen atoms in total.